The van der Waals surface area contributed by atoms with Gasteiger partial charge in [-0.1, -0.05) is 37.3 Å². The summed E-state index contributed by atoms with van der Waals surface area (Å²) in [5, 5.41) is 3.95. The Labute approximate surface area is 219 Å². The van der Waals surface area contributed by atoms with Gasteiger partial charge in [-0.15, -0.1) is 11.6 Å². The van der Waals surface area contributed by atoms with Gasteiger partial charge >= 0.3 is 0 Å². The monoisotopic (exact) mass is 515 g/mol. The van der Waals surface area contributed by atoms with E-state index in [0.29, 0.717) is 19.8 Å². The van der Waals surface area contributed by atoms with Crippen LogP contribution in [0.4, 0.5) is 5.69 Å². The molecule has 0 amide bonds. The van der Waals surface area contributed by atoms with Gasteiger partial charge in [-0.2, -0.15) is 0 Å². The van der Waals surface area contributed by atoms with Gasteiger partial charge in [0.25, 0.3) is 0 Å². The minimum Gasteiger partial charge on any atom is -0.382 e. The van der Waals surface area contributed by atoms with Gasteiger partial charge in [-0.05, 0) is 44.7 Å². The van der Waals surface area contributed by atoms with E-state index < -0.39 is 0 Å². The van der Waals surface area contributed by atoms with E-state index in [2.05, 4.69) is 48.0 Å². The first-order valence-corrected chi connectivity index (χ1v) is 13.2. The third-order valence-electron chi connectivity index (χ3n) is 6.87. The number of nitrogens with zero attached hydrogens (tertiary/aromatic N) is 2. The number of pyridine rings is 1. The maximum Gasteiger partial charge on any atom is 0.161 e. The molecule has 0 aliphatic carbocycles. The lowest BCUT2D eigenvalue weighted by Gasteiger charge is -2.40. The second kappa shape index (κ2) is 12.9. The third kappa shape index (κ3) is 6.03. The molecule has 196 valence electrons. The molecule has 0 spiro atoms. The highest BCUT2D eigenvalue weighted by Crippen LogP contribution is 2.44. The SMILES string of the molecule is CCC(Cl)CCCOCO[C@@H]1[C@@H](c2ccccc2)Nc2c(ccn3c(C)c(C)nc23)[C@H]1OCCOC. The van der Waals surface area contributed by atoms with E-state index in [1.165, 1.54) is 0 Å². The molecule has 0 bridgehead atoms. The van der Waals surface area contributed by atoms with Crippen molar-refractivity contribution >= 4 is 22.9 Å². The summed E-state index contributed by atoms with van der Waals surface area (Å²) in [6.45, 7) is 7.96. The van der Waals surface area contributed by atoms with Crippen molar-refractivity contribution in [2.45, 2.75) is 63.7 Å². The molecular formula is C28H38ClN3O4. The number of hydrogen-bond acceptors (Lipinski definition) is 6. The molecule has 0 saturated heterocycles. The first-order valence-electron chi connectivity index (χ1n) is 12.8. The van der Waals surface area contributed by atoms with Crippen molar-refractivity contribution in [1.82, 2.24) is 9.38 Å². The van der Waals surface area contributed by atoms with Crippen LogP contribution in [0.1, 0.15) is 60.8 Å². The number of ether oxygens (including phenoxy) is 4. The van der Waals surface area contributed by atoms with Crippen LogP contribution in [-0.2, 0) is 18.9 Å². The molecule has 7 nitrogen and oxygen atoms in total. The summed E-state index contributed by atoms with van der Waals surface area (Å²) in [6.07, 6.45) is 4.24. The fourth-order valence-electron chi connectivity index (χ4n) is 4.68. The molecule has 1 aliphatic heterocycles. The Morgan fingerprint density at radius 2 is 1.89 bits per heavy atom. The highest BCUT2D eigenvalue weighted by Gasteiger charge is 2.40. The highest BCUT2D eigenvalue weighted by atomic mass is 35.5. The summed E-state index contributed by atoms with van der Waals surface area (Å²) < 4.78 is 26.1. The average molecular weight is 516 g/mol. The van der Waals surface area contributed by atoms with Crippen molar-refractivity contribution < 1.29 is 18.9 Å². The number of nitrogens with one attached hydrogen (secondary N) is 1. The summed E-state index contributed by atoms with van der Waals surface area (Å²) >= 11 is 6.24. The molecule has 1 aromatic carbocycles. The smallest absolute Gasteiger partial charge is 0.161 e. The van der Waals surface area contributed by atoms with Crippen LogP contribution in [0.25, 0.3) is 5.65 Å². The minimum absolute atomic E-state index is 0.148. The number of alkyl halides is 1. The van der Waals surface area contributed by atoms with E-state index in [0.717, 1.165) is 53.1 Å². The number of aromatic nitrogens is 2. The van der Waals surface area contributed by atoms with Gasteiger partial charge in [0.2, 0.25) is 0 Å². The van der Waals surface area contributed by atoms with E-state index in [-0.39, 0.29) is 30.4 Å². The maximum atomic E-state index is 6.42. The van der Waals surface area contributed by atoms with Crippen LogP contribution in [0.2, 0.25) is 0 Å². The largest absolute Gasteiger partial charge is 0.382 e. The van der Waals surface area contributed by atoms with Crippen LogP contribution >= 0.6 is 11.6 Å². The van der Waals surface area contributed by atoms with Crippen molar-refractivity contribution in [3.8, 4) is 0 Å². The highest BCUT2D eigenvalue weighted by molar-refractivity contribution is 6.20. The summed E-state index contributed by atoms with van der Waals surface area (Å²) in [7, 11) is 1.68. The van der Waals surface area contributed by atoms with Crippen LogP contribution in [0.3, 0.4) is 0 Å². The molecule has 0 radical (unpaired) electrons. The van der Waals surface area contributed by atoms with Crippen molar-refractivity contribution in [2.75, 3.05) is 39.0 Å². The summed E-state index contributed by atoms with van der Waals surface area (Å²) in [5.41, 5.74) is 6.13. The quantitative estimate of drug-likeness (QED) is 0.172. The predicted molar refractivity (Wildman–Crippen MR) is 143 cm³/mol. The summed E-state index contributed by atoms with van der Waals surface area (Å²) in [4.78, 5) is 4.87. The van der Waals surface area contributed by atoms with Crippen LogP contribution in [0.15, 0.2) is 42.6 Å². The molecule has 1 N–H and O–H groups in total. The average Bonchev–Trinajstić information content (AvgIpc) is 3.20. The van der Waals surface area contributed by atoms with Gasteiger partial charge in [0.1, 0.15) is 19.0 Å². The normalized spacial score (nSPS) is 20.3. The van der Waals surface area contributed by atoms with Crippen LogP contribution in [0.5, 0.6) is 0 Å². The molecule has 3 heterocycles. The Bertz CT molecular complexity index is 1110. The van der Waals surface area contributed by atoms with Crippen molar-refractivity contribution in [3.05, 3.63) is 65.1 Å². The number of halogens is 1. The summed E-state index contributed by atoms with van der Waals surface area (Å²) in [6, 6.07) is 12.3. The lowest BCUT2D eigenvalue weighted by atomic mass is 9.88. The second-order valence-electron chi connectivity index (χ2n) is 9.24. The maximum absolute atomic E-state index is 6.42. The molecular weight excluding hydrogens is 478 g/mol. The van der Waals surface area contributed by atoms with Crippen LogP contribution in [0, 0.1) is 13.8 Å². The molecule has 1 aliphatic rings. The van der Waals surface area contributed by atoms with Gasteiger partial charge in [-0.3, -0.25) is 0 Å². The first-order chi connectivity index (χ1) is 17.5. The van der Waals surface area contributed by atoms with Gasteiger partial charge in [0.05, 0.1) is 30.6 Å². The number of hydrogen-bond donors (Lipinski definition) is 1. The Morgan fingerprint density at radius 1 is 1.08 bits per heavy atom. The van der Waals surface area contributed by atoms with E-state index in [9.17, 15) is 0 Å². The lowest BCUT2D eigenvalue weighted by molar-refractivity contribution is -0.150. The Hall–Kier alpha value is -2.16. The standard InChI is InChI=1S/C28H38ClN3O4/c1-5-22(29)12-9-15-34-18-36-27-24(21-10-7-6-8-11-21)31-25-23(26(27)35-17-16-33-4)13-14-32-20(3)19(2)30-28(25)32/h6-8,10-11,13-14,22,24,26-27,31H,5,9,12,15-18H2,1-4H3/t22?,24-,26-,27-/m1/s1. The van der Waals surface area contributed by atoms with Gasteiger partial charge in [-0.25, -0.2) is 4.98 Å². The van der Waals surface area contributed by atoms with E-state index in [4.69, 9.17) is 35.5 Å². The molecule has 3 aromatic rings. The fourth-order valence-corrected chi connectivity index (χ4v) is 4.84. The Balaban J connectivity index is 1.63. The van der Waals surface area contributed by atoms with E-state index in [1.807, 2.05) is 25.1 Å². The molecule has 1 unspecified atom stereocenters. The van der Waals surface area contributed by atoms with Gasteiger partial charge < -0.3 is 28.7 Å². The number of fused-ring (bicyclic) bond motifs is 3. The Kier molecular flexibility index (Phi) is 9.62. The van der Waals surface area contributed by atoms with Gasteiger partial charge in [0.15, 0.2) is 5.65 Å². The topological polar surface area (TPSA) is 66.3 Å². The number of rotatable bonds is 13. The molecule has 0 fully saturated rings. The zero-order chi connectivity index (χ0) is 25.5. The zero-order valence-corrected chi connectivity index (χ0v) is 22.5. The molecule has 36 heavy (non-hydrogen) atoms. The van der Waals surface area contributed by atoms with E-state index >= 15 is 0 Å². The minimum atomic E-state index is -0.320. The number of anilines is 1. The van der Waals surface area contributed by atoms with Crippen LogP contribution < -0.4 is 5.32 Å². The molecule has 4 atom stereocenters. The van der Waals surface area contributed by atoms with E-state index in [1.54, 1.807) is 7.11 Å². The van der Waals surface area contributed by atoms with Crippen molar-refractivity contribution in [1.29, 1.82) is 0 Å². The third-order valence-corrected chi connectivity index (χ3v) is 7.40. The number of aryl methyl sites for hydroxylation is 2. The first kappa shape index (κ1) is 26.9. The molecule has 2 aromatic heterocycles. The Morgan fingerprint density at radius 3 is 2.64 bits per heavy atom. The van der Waals surface area contributed by atoms with Crippen molar-refractivity contribution in [3.63, 3.8) is 0 Å². The molecule has 4 rings (SSSR count). The number of methoxy groups -OCH3 is 1. The van der Waals surface area contributed by atoms with Crippen LogP contribution in [-0.4, -0.2) is 54.6 Å². The molecule has 0 saturated carbocycles. The summed E-state index contributed by atoms with van der Waals surface area (Å²) in [5.74, 6) is 0. The lowest BCUT2D eigenvalue weighted by Crippen LogP contribution is -2.40. The molecule has 8 heteroatoms. The second-order valence-corrected chi connectivity index (χ2v) is 9.86. The van der Waals surface area contributed by atoms with Gasteiger partial charge in [0, 0.05) is 36.5 Å². The fraction of sp³-hybridized carbons (Fsp3) is 0.536. The zero-order valence-electron chi connectivity index (χ0n) is 21.7. The number of benzene rings is 1. The van der Waals surface area contributed by atoms with Crippen molar-refractivity contribution in [2.24, 2.45) is 0 Å². The number of imidazole rings is 1. The predicted octanol–water partition coefficient (Wildman–Crippen LogP) is 5.98.